The fraction of sp³-hybridized carbons (Fsp3) is 0.174. The van der Waals surface area contributed by atoms with Crippen LogP contribution < -0.4 is 4.90 Å². The summed E-state index contributed by atoms with van der Waals surface area (Å²) in [7, 11) is 2.02. The first-order chi connectivity index (χ1) is 14.9. The molecule has 0 bridgehead atoms. The van der Waals surface area contributed by atoms with Crippen LogP contribution in [-0.2, 0) is 10.2 Å². The smallest absolute Gasteiger partial charge is 0.283 e. The van der Waals surface area contributed by atoms with E-state index in [0.717, 1.165) is 16.9 Å². The molecule has 0 saturated carbocycles. The Morgan fingerprint density at radius 3 is 2.58 bits per heavy atom. The number of nitrogens with zero attached hydrogens (tertiary/aromatic N) is 5. The van der Waals surface area contributed by atoms with Gasteiger partial charge in [-0.15, -0.1) is 0 Å². The number of rotatable bonds is 2. The topological polar surface area (TPSA) is 85.0 Å². The number of carbonyl (C=O) groups excluding carboxylic acids is 1. The number of hydrogen-bond donors (Lipinski definition) is 1. The molecule has 0 spiro atoms. The highest BCUT2D eigenvalue weighted by Gasteiger charge is 2.39. The van der Waals surface area contributed by atoms with Gasteiger partial charge in [0.2, 0.25) is 5.17 Å². The summed E-state index contributed by atoms with van der Waals surface area (Å²) in [5, 5.41) is 15.6. The lowest BCUT2D eigenvalue weighted by Crippen LogP contribution is -2.35. The highest BCUT2D eigenvalue weighted by atomic mass is 32.2. The van der Waals surface area contributed by atoms with E-state index < -0.39 is 5.91 Å². The number of benzene rings is 1. The van der Waals surface area contributed by atoms with E-state index in [0.29, 0.717) is 10.2 Å². The van der Waals surface area contributed by atoms with Gasteiger partial charge in [-0.3, -0.25) is 15.2 Å². The zero-order chi connectivity index (χ0) is 21.8. The molecule has 1 amide bonds. The predicted octanol–water partition coefficient (Wildman–Crippen LogP) is 3.90. The zero-order valence-corrected chi connectivity index (χ0v) is 18.1. The number of fused-ring (bicyclic) bond motifs is 2. The van der Waals surface area contributed by atoms with E-state index in [4.69, 9.17) is 5.41 Å². The minimum atomic E-state index is -0.428. The van der Waals surface area contributed by atoms with Crippen molar-refractivity contribution in [2.24, 2.45) is 10.1 Å². The van der Waals surface area contributed by atoms with E-state index in [1.165, 1.54) is 22.3 Å². The van der Waals surface area contributed by atoms with Crippen LogP contribution in [0.4, 0.5) is 5.69 Å². The second-order valence-electron chi connectivity index (χ2n) is 7.94. The molecule has 0 radical (unpaired) electrons. The van der Waals surface area contributed by atoms with Gasteiger partial charge in [0, 0.05) is 41.8 Å². The molecule has 1 aromatic heterocycles. The average molecular weight is 429 g/mol. The van der Waals surface area contributed by atoms with Crippen LogP contribution in [0.3, 0.4) is 0 Å². The summed E-state index contributed by atoms with van der Waals surface area (Å²) >= 11 is 1.28. The van der Waals surface area contributed by atoms with Gasteiger partial charge in [-0.1, -0.05) is 32.0 Å². The summed E-state index contributed by atoms with van der Waals surface area (Å²) in [5.74, 6) is -0.401. The van der Waals surface area contributed by atoms with Crippen molar-refractivity contribution in [2.45, 2.75) is 19.3 Å². The van der Waals surface area contributed by atoms with Crippen LogP contribution in [0.2, 0.25) is 0 Å². The van der Waals surface area contributed by atoms with Crippen LogP contribution in [-0.4, -0.2) is 39.0 Å². The first-order valence-electron chi connectivity index (χ1n) is 9.82. The van der Waals surface area contributed by atoms with Crippen LogP contribution in [0.25, 0.3) is 0 Å². The van der Waals surface area contributed by atoms with Crippen molar-refractivity contribution in [2.75, 3.05) is 11.9 Å². The van der Waals surface area contributed by atoms with Gasteiger partial charge in [0.25, 0.3) is 5.91 Å². The van der Waals surface area contributed by atoms with Crippen molar-refractivity contribution in [3.63, 3.8) is 0 Å². The van der Waals surface area contributed by atoms with Gasteiger partial charge in [0.1, 0.15) is 5.04 Å². The van der Waals surface area contributed by atoms with Crippen LogP contribution in [0.15, 0.2) is 82.3 Å². The number of carbonyl (C=O) groups is 1. The molecule has 3 aliphatic heterocycles. The quantitative estimate of drug-likeness (QED) is 0.733. The number of amidine groups is 2. The van der Waals surface area contributed by atoms with Crippen LogP contribution in [0.5, 0.6) is 0 Å². The van der Waals surface area contributed by atoms with E-state index in [9.17, 15) is 4.79 Å². The van der Waals surface area contributed by atoms with Gasteiger partial charge in [-0.2, -0.15) is 15.1 Å². The number of likely N-dealkylation sites (N-methyl/N-ethyl adjacent to an activating group) is 1. The van der Waals surface area contributed by atoms with Gasteiger partial charge < -0.3 is 4.90 Å². The Hall–Kier alpha value is -3.52. The van der Waals surface area contributed by atoms with E-state index in [1.807, 2.05) is 37.4 Å². The SMILES string of the molecule is CN1C(=CC=C2C(=N)N3N=C(c4ccncc4)SC3=NC2=O)C(C)(C)c2ccccc21. The van der Waals surface area contributed by atoms with Gasteiger partial charge in [0.15, 0.2) is 5.84 Å². The van der Waals surface area contributed by atoms with Crippen LogP contribution >= 0.6 is 11.8 Å². The standard InChI is InChI=1S/C23H20N6OS/c1-23(2)16-6-4-5-7-17(16)28(3)18(23)9-8-15-19(24)29-22(26-20(15)30)31-21(27-29)14-10-12-25-13-11-14/h4-13,24H,1-3H3. The summed E-state index contributed by atoms with van der Waals surface area (Å²) < 4.78 is 0. The molecule has 0 saturated heterocycles. The van der Waals surface area contributed by atoms with Crippen molar-refractivity contribution in [1.82, 2.24) is 9.99 Å². The molecule has 1 aromatic carbocycles. The van der Waals surface area contributed by atoms with E-state index in [2.05, 4.69) is 46.0 Å². The molecular weight excluding hydrogens is 408 g/mol. The summed E-state index contributed by atoms with van der Waals surface area (Å²) in [5.41, 5.74) is 4.30. The van der Waals surface area contributed by atoms with E-state index >= 15 is 0 Å². The van der Waals surface area contributed by atoms with Gasteiger partial charge in [-0.05, 0) is 47.7 Å². The van der Waals surface area contributed by atoms with Crippen molar-refractivity contribution in [3.8, 4) is 0 Å². The Balaban J connectivity index is 1.49. The fourth-order valence-corrected chi connectivity index (χ4v) is 4.98. The number of nitrogens with one attached hydrogen (secondary N) is 1. The maximum Gasteiger partial charge on any atom is 0.283 e. The molecule has 3 aliphatic rings. The number of thioether (sulfide) groups is 1. The normalized spacial score (nSPS) is 22.0. The summed E-state index contributed by atoms with van der Waals surface area (Å²) in [6.45, 7) is 4.32. The Kier molecular flexibility index (Phi) is 4.40. The molecule has 2 aromatic rings. The number of aromatic nitrogens is 1. The Morgan fingerprint density at radius 1 is 1.10 bits per heavy atom. The third-order valence-corrected chi connectivity index (χ3v) is 6.69. The summed E-state index contributed by atoms with van der Waals surface area (Å²) in [4.78, 5) is 23.0. The molecule has 4 heterocycles. The lowest BCUT2D eigenvalue weighted by Gasteiger charge is -2.24. The van der Waals surface area contributed by atoms with Gasteiger partial charge >= 0.3 is 0 Å². The lowest BCUT2D eigenvalue weighted by atomic mass is 9.83. The highest BCUT2D eigenvalue weighted by Crippen LogP contribution is 2.46. The third-order valence-electron chi connectivity index (χ3n) is 5.73. The summed E-state index contributed by atoms with van der Waals surface area (Å²) in [6, 6.07) is 12.0. The maximum atomic E-state index is 12.7. The summed E-state index contributed by atoms with van der Waals surface area (Å²) in [6.07, 6.45) is 6.97. The van der Waals surface area contributed by atoms with E-state index in [1.54, 1.807) is 18.5 Å². The second-order valence-corrected chi connectivity index (χ2v) is 8.89. The maximum absolute atomic E-state index is 12.7. The zero-order valence-electron chi connectivity index (χ0n) is 17.3. The number of allylic oxidation sites excluding steroid dienone is 3. The van der Waals surface area contributed by atoms with Crippen molar-refractivity contribution < 1.29 is 4.79 Å². The van der Waals surface area contributed by atoms with Gasteiger partial charge in [0.05, 0.1) is 5.57 Å². The molecule has 8 heteroatoms. The van der Waals surface area contributed by atoms with Crippen LogP contribution in [0, 0.1) is 5.41 Å². The molecule has 0 fully saturated rings. The Bertz CT molecular complexity index is 1240. The predicted molar refractivity (Wildman–Crippen MR) is 124 cm³/mol. The molecular formula is C23H20N6OS. The number of amides is 1. The average Bonchev–Trinajstić information content (AvgIpc) is 3.27. The number of pyridine rings is 1. The molecule has 1 N–H and O–H groups in total. The molecule has 31 heavy (non-hydrogen) atoms. The largest absolute Gasteiger partial charge is 0.347 e. The lowest BCUT2D eigenvalue weighted by molar-refractivity contribution is -0.114. The van der Waals surface area contributed by atoms with Crippen molar-refractivity contribution in [1.29, 1.82) is 5.41 Å². The third kappa shape index (κ3) is 3.02. The number of hydrazone groups is 1. The number of aliphatic imine (C=N–C) groups is 1. The molecule has 0 unspecified atom stereocenters. The monoisotopic (exact) mass is 428 g/mol. The first kappa shape index (κ1) is 19.4. The minimum absolute atomic E-state index is 0.0272. The Morgan fingerprint density at radius 2 is 1.84 bits per heavy atom. The number of hydrogen-bond acceptors (Lipinski definition) is 6. The molecule has 0 aliphatic carbocycles. The van der Waals surface area contributed by atoms with Crippen molar-refractivity contribution in [3.05, 3.63) is 83.3 Å². The Labute approximate surface area is 184 Å². The van der Waals surface area contributed by atoms with Gasteiger partial charge in [-0.25, -0.2) is 0 Å². The second kappa shape index (κ2) is 7.02. The van der Waals surface area contributed by atoms with Crippen LogP contribution in [0.1, 0.15) is 25.0 Å². The fourth-order valence-electron chi connectivity index (χ4n) is 4.09. The first-order valence-corrected chi connectivity index (χ1v) is 10.6. The highest BCUT2D eigenvalue weighted by molar-refractivity contribution is 8.27. The molecule has 5 rings (SSSR count). The minimum Gasteiger partial charge on any atom is -0.347 e. The molecule has 7 nitrogen and oxygen atoms in total. The van der Waals surface area contributed by atoms with E-state index in [-0.39, 0.29) is 16.8 Å². The molecule has 0 atom stereocenters. The van der Waals surface area contributed by atoms with Crippen molar-refractivity contribution >= 4 is 39.4 Å². The number of para-hydroxylation sites is 1. The number of anilines is 1. The molecule has 154 valence electrons.